The van der Waals surface area contributed by atoms with Gasteiger partial charge in [-0.05, 0) is 31.4 Å². The predicted octanol–water partition coefficient (Wildman–Crippen LogP) is 2.21. The van der Waals surface area contributed by atoms with Gasteiger partial charge in [0.2, 0.25) is 0 Å². The zero-order chi connectivity index (χ0) is 17.3. The van der Waals surface area contributed by atoms with Crippen LogP contribution in [0.25, 0.3) is 5.69 Å². The number of rotatable bonds is 4. The molecule has 2 fully saturated rings. The van der Waals surface area contributed by atoms with E-state index in [2.05, 4.69) is 15.7 Å². The van der Waals surface area contributed by atoms with E-state index in [1.165, 1.54) is 4.68 Å². The van der Waals surface area contributed by atoms with Crippen molar-refractivity contribution in [1.82, 2.24) is 15.1 Å². The molecule has 25 heavy (non-hydrogen) atoms. The average molecular weight is 361 g/mol. The Bertz CT molecular complexity index is 804. The molecule has 0 radical (unpaired) electrons. The van der Waals surface area contributed by atoms with Gasteiger partial charge in [-0.25, -0.2) is 0 Å². The van der Waals surface area contributed by atoms with E-state index in [4.69, 9.17) is 16.3 Å². The van der Waals surface area contributed by atoms with E-state index < -0.39 is 0 Å². The lowest BCUT2D eigenvalue weighted by Crippen LogP contribution is -2.64. The van der Waals surface area contributed by atoms with Crippen LogP contribution in [0, 0.1) is 0 Å². The van der Waals surface area contributed by atoms with Crippen LogP contribution in [0.1, 0.15) is 19.3 Å². The highest BCUT2D eigenvalue weighted by Crippen LogP contribution is 2.32. The van der Waals surface area contributed by atoms with Crippen LogP contribution in [0.3, 0.4) is 0 Å². The lowest BCUT2D eigenvalue weighted by Gasteiger charge is -2.48. The highest BCUT2D eigenvalue weighted by Gasteiger charge is 2.42. The summed E-state index contributed by atoms with van der Waals surface area (Å²) >= 11 is 6.27. The highest BCUT2D eigenvalue weighted by atomic mass is 35.5. The molecule has 1 spiro atoms. The Kier molecular flexibility index (Phi) is 4.50. The topological polar surface area (TPSA) is 68.2 Å². The first-order valence-corrected chi connectivity index (χ1v) is 9.00. The normalized spacial score (nSPS) is 21.7. The van der Waals surface area contributed by atoms with Crippen molar-refractivity contribution in [2.75, 3.05) is 25.0 Å². The SMILES string of the molecule is O=c1c(Cl)c(NCC2CCCC3(CNC3)O2)cnn1-c1ccccc1. The van der Waals surface area contributed by atoms with Crippen LogP contribution < -0.4 is 16.2 Å². The van der Waals surface area contributed by atoms with Gasteiger partial charge in [0, 0.05) is 19.6 Å². The van der Waals surface area contributed by atoms with E-state index in [0.717, 1.165) is 32.4 Å². The van der Waals surface area contributed by atoms with Crippen molar-refractivity contribution < 1.29 is 4.74 Å². The van der Waals surface area contributed by atoms with Gasteiger partial charge in [0.1, 0.15) is 5.02 Å². The molecule has 2 aliphatic heterocycles. The fourth-order valence-electron chi connectivity index (χ4n) is 3.46. The van der Waals surface area contributed by atoms with Gasteiger partial charge in [-0.2, -0.15) is 9.78 Å². The van der Waals surface area contributed by atoms with Crippen LogP contribution in [0.2, 0.25) is 5.02 Å². The van der Waals surface area contributed by atoms with Crippen LogP contribution in [-0.2, 0) is 4.74 Å². The monoisotopic (exact) mass is 360 g/mol. The molecule has 1 aromatic heterocycles. The molecule has 6 nitrogen and oxygen atoms in total. The highest BCUT2D eigenvalue weighted by molar-refractivity contribution is 6.32. The fraction of sp³-hybridized carbons (Fsp3) is 0.444. The third kappa shape index (κ3) is 3.29. The Morgan fingerprint density at radius 3 is 2.88 bits per heavy atom. The molecular formula is C18H21ClN4O2. The predicted molar refractivity (Wildman–Crippen MR) is 97.7 cm³/mol. The maximum absolute atomic E-state index is 12.5. The number of anilines is 1. The summed E-state index contributed by atoms with van der Waals surface area (Å²) in [5.41, 5.74) is 0.926. The second-order valence-electron chi connectivity index (χ2n) is 6.72. The fourth-order valence-corrected chi connectivity index (χ4v) is 3.66. The zero-order valence-electron chi connectivity index (χ0n) is 13.9. The van der Waals surface area contributed by atoms with Crippen molar-refractivity contribution in [2.45, 2.75) is 31.0 Å². The molecule has 2 saturated heterocycles. The molecule has 2 aromatic rings. The number of hydrogen-bond donors (Lipinski definition) is 2. The number of halogens is 1. The summed E-state index contributed by atoms with van der Waals surface area (Å²) in [5.74, 6) is 0. The number of aromatic nitrogens is 2. The average Bonchev–Trinajstić information content (AvgIpc) is 2.63. The lowest BCUT2D eigenvalue weighted by atomic mass is 9.86. The summed E-state index contributed by atoms with van der Waals surface area (Å²) in [4.78, 5) is 12.5. The van der Waals surface area contributed by atoms with Crippen molar-refractivity contribution in [2.24, 2.45) is 0 Å². The smallest absolute Gasteiger partial charge is 0.292 e. The Morgan fingerprint density at radius 1 is 1.36 bits per heavy atom. The molecule has 0 saturated carbocycles. The molecule has 2 aliphatic rings. The molecule has 132 valence electrons. The minimum absolute atomic E-state index is 0.0172. The first-order chi connectivity index (χ1) is 12.2. The van der Waals surface area contributed by atoms with Gasteiger partial charge in [0.15, 0.2) is 0 Å². The summed E-state index contributed by atoms with van der Waals surface area (Å²) in [6, 6.07) is 9.24. The molecule has 4 rings (SSSR count). The van der Waals surface area contributed by atoms with Gasteiger partial charge in [-0.1, -0.05) is 29.8 Å². The maximum atomic E-state index is 12.5. The van der Waals surface area contributed by atoms with E-state index in [-0.39, 0.29) is 22.3 Å². The van der Waals surface area contributed by atoms with Crippen molar-refractivity contribution in [1.29, 1.82) is 0 Å². The first-order valence-electron chi connectivity index (χ1n) is 8.63. The maximum Gasteiger partial charge on any atom is 0.292 e. The molecule has 7 heteroatoms. The van der Waals surface area contributed by atoms with Gasteiger partial charge in [-0.3, -0.25) is 4.79 Å². The quantitative estimate of drug-likeness (QED) is 0.875. The Morgan fingerprint density at radius 2 is 2.16 bits per heavy atom. The van der Waals surface area contributed by atoms with E-state index in [1.807, 2.05) is 30.3 Å². The largest absolute Gasteiger partial charge is 0.380 e. The van der Waals surface area contributed by atoms with Crippen LogP contribution >= 0.6 is 11.6 Å². The van der Waals surface area contributed by atoms with Gasteiger partial charge in [-0.15, -0.1) is 0 Å². The molecule has 3 heterocycles. The lowest BCUT2D eigenvalue weighted by molar-refractivity contribution is -0.148. The molecule has 1 atom stereocenters. The van der Waals surface area contributed by atoms with E-state index in [1.54, 1.807) is 6.20 Å². The summed E-state index contributed by atoms with van der Waals surface area (Å²) in [6.45, 7) is 2.48. The Hall–Kier alpha value is -1.89. The van der Waals surface area contributed by atoms with Crippen molar-refractivity contribution in [3.05, 3.63) is 51.9 Å². The van der Waals surface area contributed by atoms with Crippen LogP contribution in [0.15, 0.2) is 41.3 Å². The van der Waals surface area contributed by atoms with Gasteiger partial charge in [0.05, 0.1) is 29.3 Å². The second kappa shape index (κ2) is 6.78. The molecule has 0 amide bonds. The zero-order valence-corrected chi connectivity index (χ0v) is 14.6. The minimum Gasteiger partial charge on any atom is -0.380 e. The number of ether oxygens (including phenoxy) is 1. The van der Waals surface area contributed by atoms with Gasteiger partial charge in [0.25, 0.3) is 5.56 Å². The Labute approximate surface area is 151 Å². The molecule has 1 unspecified atom stereocenters. The molecule has 1 aromatic carbocycles. The van der Waals surface area contributed by atoms with Gasteiger partial charge < -0.3 is 15.4 Å². The number of hydrogen-bond acceptors (Lipinski definition) is 5. The molecular weight excluding hydrogens is 340 g/mol. The van der Waals surface area contributed by atoms with Crippen LogP contribution in [-0.4, -0.2) is 41.1 Å². The van der Waals surface area contributed by atoms with Crippen molar-refractivity contribution >= 4 is 17.3 Å². The van der Waals surface area contributed by atoms with Crippen molar-refractivity contribution in [3.8, 4) is 5.69 Å². The minimum atomic E-state index is -0.331. The summed E-state index contributed by atoms with van der Waals surface area (Å²) in [6.07, 6.45) is 5.02. The third-order valence-electron chi connectivity index (χ3n) is 4.91. The first kappa shape index (κ1) is 16.6. The summed E-state index contributed by atoms with van der Waals surface area (Å²) < 4.78 is 7.53. The number of benzene rings is 1. The summed E-state index contributed by atoms with van der Waals surface area (Å²) in [7, 11) is 0. The molecule has 0 aliphatic carbocycles. The van der Waals surface area contributed by atoms with Crippen LogP contribution in [0.5, 0.6) is 0 Å². The second-order valence-corrected chi connectivity index (χ2v) is 7.10. The number of nitrogens with one attached hydrogen (secondary N) is 2. The van der Waals surface area contributed by atoms with E-state index in [9.17, 15) is 4.79 Å². The van der Waals surface area contributed by atoms with Crippen LogP contribution in [0.4, 0.5) is 5.69 Å². The molecule has 0 bridgehead atoms. The number of nitrogens with zero attached hydrogens (tertiary/aromatic N) is 2. The van der Waals surface area contributed by atoms with E-state index in [0.29, 0.717) is 17.9 Å². The molecule has 2 N–H and O–H groups in total. The standard InChI is InChI=1S/C18H21ClN4O2/c19-16-15(10-22-23(17(16)24)13-5-2-1-3-6-13)21-9-14-7-4-8-18(25-14)11-20-12-18/h1-3,5-6,10,14,20-21H,4,7-9,11-12H2. The summed E-state index contributed by atoms with van der Waals surface area (Å²) in [5, 5.41) is 10.9. The third-order valence-corrected chi connectivity index (χ3v) is 5.27. The van der Waals surface area contributed by atoms with Crippen molar-refractivity contribution in [3.63, 3.8) is 0 Å². The number of para-hydroxylation sites is 1. The van der Waals surface area contributed by atoms with Gasteiger partial charge >= 0.3 is 0 Å². The Balaban J connectivity index is 1.46. The van der Waals surface area contributed by atoms with E-state index >= 15 is 0 Å².